The normalized spacial score (nSPS) is 10.8. The maximum atomic E-state index is 12.6. The van der Waals surface area contributed by atoms with Crippen molar-refractivity contribution in [3.8, 4) is 0 Å². The van der Waals surface area contributed by atoms with Crippen molar-refractivity contribution >= 4 is 34.7 Å². The van der Waals surface area contributed by atoms with Crippen LogP contribution in [0.5, 0.6) is 0 Å². The lowest BCUT2D eigenvalue weighted by atomic mass is 10.1. The number of hydrogen-bond donors (Lipinski definition) is 2. The van der Waals surface area contributed by atoms with Crippen LogP contribution in [-0.4, -0.2) is 26.6 Å². The van der Waals surface area contributed by atoms with E-state index in [9.17, 15) is 4.79 Å². The summed E-state index contributed by atoms with van der Waals surface area (Å²) in [6, 6.07) is 7.54. The molecule has 1 aromatic carbocycles. The third kappa shape index (κ3) is 3.33. The number of benzene rings is 1. The van der Waals surface area contributed by atoms with Gasteiger partial charge in [0.15, 0.2) is 0 Å². The molecule has 0 aliphatic rings. The van der Waals surface area contributed by atoms with E-state index in [1.807, 2.05) is 26.0 Å². The first-order chi connectivity index (χ1) is 11.6. The van der Waals surface area contributed by atoms with Gasteiger partial charge in [-0.25, -0.2) is 9.97 Å². The van der Waals surface area contributed by atoms with Crippen LogP contribution in [0, 0.1) is 13.8 Å². The van der Waals surface area contributed by atoms with Crippen LogP contribution in [0.15, 0.2) is 48.1 Å². The predicted molar refractivity (Wildman–Crippen MR) is 98.7 cm³/mol. The summed E-state index contributed by atoms with van der Waals surface area (Å²) in [5.41, 5.74) is 4.61. The van der Waals surface area contributed by atoms with Gasteiger partial charge >= 0.3 is 0 Å². The molecule has 24 heavy (non-hydrogen) atoms. The van der Waals surface area contributed by atoms with E-state index in [0.717, 1.165) is 11.0 Å². The van der Waals surface area contributed by atoms with E-state index in [4.69, 9.17) is 0 Å². The zero-order chi connectivity index (χ0) is 17.1. The zero-order valence-corrected chi connectivity index (χ0v) is 14.4. The summed E-state index contributed by atoms with van der Waals surface area (Å²) in [6.45, 7) is 7.78. The maximum Gasteiger partial charge on any atom is 0.260 e. The molecule has 0 spiro atoms. The second-order valence-electron chi connectivity index (χ2n) is 5.45. The Morgan fingerprint density at radius 2 is 2.17 bits per heavy atom. The molecule has 3 rings (SSSR count). The molecule has 0 aliphatic heterocycles. The number of amides is 1. The van der Waals surface area contributed by atoms with E-state index in [0.29, 0.717) is 22.3 Å². The van der Waals surface area contributed by atoms with Crippen LogP contribution in [0.3, 0.4) is 0 Å². The molecule has 0 bridgehead atoms. The number of pyridine rings is 1. The molecule has 0 saturated heterocycles. The van der Waals surface area contributed by atoms with Crippen molar-refractivity contribution in [1.29, 1.82) is 0 Å². The van der Waals surface area contributed by atoms with E-state index in [-0.39, 0.29) is 5.91 Å². The van der Waals surface area contributed by atoms with Crippen molar-refractivity contribution in [2.45, 2.75) is 18.9 Å². The van der Waals surface area contributed by atoms with Crippen molar-refractivity contribution in [2.24, 2.45) is 0 Å². The SMILES string of the molecule is C=CCSc1ncccc1C(=O)Nc1nc2cc(C)c(C)cc2[nH]1. The lowest BCUT2D eigenvalue weighted by Gasteiger charge is -2.06. The average Bonchev–Trinajstić information content (AvgIpc) is 2.94. The molecule has 2 aromatic heterocycles. The van der Waals surface area contributed by atoms with E-state index < -0.39 is 0 Å². The number of aryl methyl sites for hydroxylation is 2. The smallest absolute Gasteiger partial charge is 0.260 e. The molecule has 2 N–H and O–H groups in total. The molecule has 0 unspecified atom stereocenters. The van der Waals surface area contributed by atoms with Crippen molar-refractivity contribution in [3.63, 3.8) is 0 Å². The Hall–Kier alpha value is -2.60. The summed E-state index contributed by atoms with van der Waals surface area (Å²) in [6.07, 6.45) is 3.46. The van der Waals surface area contributed by atoms with Crippen LogP contribution in [0.2, 0.25) is 0 Å². The Kier molecular flexibility index (Phi) is 4.66. The van der Waals surface area contributed by atoms with Gasteiger partial charge < -0.3 is 4.98 Å². The Labute approximate surface area is 144 Å². The second-order valence-corrected chi connectivity index (χ2v) is 6.46. The third-order valence-corrected chi connectivity index (χ3v) is 4.68. The number of rotatable bonds is 5. The van der Waals surface area contributed by atoms with Gasteiger partial charge in [0, 0.05) is 11.9 Å². The van der Waals surface area contributed by atoms with E-state index >= 15 is 0 Å². The Balaban J connectivity index is 1.86. The standard InChI is InChI=1S/C18H18N4OS/c1-4-8-24-17-13(6-5-7-19-17)16(23)22-18-20-14-9-11(2)12(3)10-15(14)21-18/h4-7,9-10H,1,8H2,2-3H3,(H2,20,21,22,23). The van der Waals surface area contributed by atoms with Crippen molar-refractivity contribution in [3.05, 3.63) is 59.8 Å². The first-order valence-corrected chi connectivity index (χ1v) is 8.54. The van der Waals surface area contributed by atoms with Gasteiger partial charge in [0.25, 0.3) is 5.91 Å². The highest BCUT2D eigenvalue weighted by atomic mass is 32.2. The largest absolute Gasteiger partial charge is 0.324 e. The van der Waals surface area contributed by atoms with Crippen LogP contribution in [0.25, 0.3) is 11.0 Å². The average molecular weight is 338 g/mol. The molecule has 1 amide bonds. The van der Waals surface area contributed by atoms with Crippen molar-refractivity contribution < 1.29 is 4.79 Å². The molecule has 6 heteroatoms. The lowest BCUT2D eigenvalue weighted by molar-refractivity contribution is 0.102. The summed E-state index contributed by atoms with van der Waals surface area (Å²) in [4.78, 5) is 24.4. The maximum absolute atomic E-state index is 12.6. The highest BCUT2D eigenvalue weighted by molar-refractivity contribution is 7.99. The van der Waals surface area contributed by atoms with Crippen molar-refractivity contribution in [2.75, 3.05) is 11.1 Å². The molecule has 0 radical (unpaired) electrons. The number of nitrogens with zero attached hydrogens (tertiary/aromatic N) is 2. The summed E-state index contributed by atoms with van der Waals surface area (Å²) >= 11 is 1.47. The van der Waals surface area contributed by atoms with Crippen LogP contribution in [-0.2, 0) is 0 Å². The van der Waals surface area contributed by atoms with Gasteiger partial charge in [-0.1, -0.05) is 6.08 Å². The number of anilines is 1. The lowest BCUT2D eigenvalue weighted by Crippen LogP contribution is -2.14. The van der Waals surface area contributed by atoms with Crippen molar-refractivity contribution in [1.82, 2.24) is 15.0 Å². The molecule has 0 saturated carbocycles. The van der Waals surface area contributed by atoms with E-state index in [2.05, 4.69) is 26.8 Å². The number of fused-ring (bicyclic) bond motifs is 1. The molecule has 0 aliphatic carbocycles. The van der Waals surface area contributed by atoms with Gasteiger partial charge in [0.2, 0.25) is 5.95 Å². The molecule has 5 nitrogen and oxygen atoms in total. The quantitative estimate of drug-likeness (QED) is 0.542. The summed E-state index contributed by atoms with van der Waals surface area (Å²) < 4.78 is 0. The fraction of sp³-hybridized carbons (Fsp3) is 0.167. The van der Waals surface area contributed by atoms with Gasteiger partial charge in [0.05, 0.1) is 16.6 Å². The van der Waals surface area contributed by atoms with Gasteiger partial charge in [-0.2, -0.15) is 0 Å². The first kappa shape index (κ1) is 16.3. The molecule has 0 atom stereocenters. The van der Waals surface area contributed by atoms with Crippen LogP contribution < -0.4 is 5.32 Å². The number of imidazole rings is 1. The van der Waals surface area contributed by atoms with Gasteiger partial charge in [-0.15, -0.1) is 18.3 Å². The summed E-state index contributed by atoms with van der Waals surface area (Å²) in [5.74, 6) is 0.895. The Morgan fingerprint density at radius 1 is 1.38 bits per heavy atom. The molecule has 122 valence electrons. The molecule has 3 aromatic rings. The Bertz CT molecular complexity index is 878. The number of nitrogens with one attached hydrogen (secondary N) is 2. The van der Waals surface area contributed by atoms with Gasteiger partial charge in [0.1, 0.15) is 5.03 Å². The fourth-order valence-electron chi connectivity index (χ4n) is 2.32. The van der Waals surface area contributed by atoms with Gasteiger partial charge in [-0.05, 0) is 49.2 Å². The summed E-state index contributed by atoms with van der Waals surface area (Å²) in [7, 11) is 0. The zero-order valence-electron chi connectivity index (χ0n) is 13.6. The molecule has 2 heterocycles. The van der Waals surface area contributed by atoms with Crippen LogP contribution in [0.1, 0.15) is 21.5 Å². The number of H-pyrrole nitrogens is 1. The monoisotopic (exact) mass is 338 g/mol. The molecule has 0 fully saturated rings. The third-order valence-electron chi connectivity index (χ3n) is 3.68. The predicted octanol–water partition coefficient (Wildman–Crippen LogP) is 4.11. The number of thioether (sulfide) groups is 1. The van der Waals surface area contributed by atoms with E-state index in [1.165, 1.54) is 22.9 Å². The minimum Gasteiger partial charge on any atom is -0.324 e. The van der Waals surface area contributed by atoms with Crippen LogP contribution >= 0.6 is 11.8 Å². The first-order valence-electron chi connectivity index (χ1n) is 7.55. The minimum absolute atomic E-state index is 0.234. The summed E-state index contributed by atoms with van der Waals surface area (Å²) in [5, 5.41) is 3.50. The number of carbonyl (C=O) groups excluding carboxylic acids is 1. The van der Waals surface area contributed by atoms with E-state index in [1.54, 1.807) is 24.4 Å². The number of hydrogen-bond acceptors (Lipinski definition) is 4. The Morgan fingerprint density at radius 3 is 2.96 bits per heavy atom. The second kappa shape index (κ2) is 6.88. The number of aromatic nitrogens is 3. The number of carbonyl (C=O) groups is 1. The fourth-order valence-corrected chi connectivity index (χ4v) is 3.05. The number of aromatic amines is 1. The highest BCUT2D eigenvalue weighted by Gasteiger charge is 2.14. The topological polar surface area (TPSA) is 70.7 Å². The molecular formula is C18H18N4OS. The molecular weight excluding hydrogens is 320 g/mol. The minimum atomic E-state index is -0.234. The van der Waals surface area contributed by atoms with Gasteiger partial charge in [-0.3, -0.25) is 10.1 Å². The van der Waals surface area contributed by atoms with Crippen LogP contribution in [0.4, 0.5) is 5.95 Å². The highest BCUT2D eigenvalue weighted by Crippen LogP contribution is 2.22.